The molecule has 30 heavy (non-hydrogen) atoms. The molecule has 2 aromatic heterocycles. The minimum Gasteiger partial charge on any atom is -0.395 e. The van der Waals surface area contributed by atoms with Crippen LogP contribution in [0.1, 0.15) is 0 Å². The summed E-state index contributed by atoms with van der Waals surface area (Å²) in [5.41, 5.74) is 0.774. The lowest BCUT2D eigenvalue weighted by molar-refractivity contribution is -0.286. The summed E-state index contributed by atoms with van der Waals surface area (Å²) in [4.78, 5) is 12.5. The van der Waals surface area contributed by atoms with Gasteiger partial charge < -0.3 is 9.47 Å². The van der Waals surface area contributed by atoms with Crippen molar-refractivity contribution in [2.45, 2.75) is 6.29 Å². The van der Waals surface area contributed by atoms with Crippen LogP contribution in [0.5, 0.6) is 11.5 Å². The van der Waals surface area contributed by atoms with Gasteiger partial charge in [-0.25, -0.2) is 13.8 Å². The largest absolute Gasteiger partial charge is 0.586 e. The lowest BCUT2D eigenvalue weighted by Crippen LogP contribution is -2.25. The predicted molar refractivity (Wildman–Crippen MR) is 98.6 cm³/mol. The Hall–Kier alpha value is -4.08. The number of alkyl halides is 2. The fourth-order valence-corrected chi connectivity index (χ4v) is 3.11. The molecule has 0 saturated heterocycles. The van der Waals surface area contributed by atoms with Crippen LogP contribution in [-0.2, 0) is 0 Å². The summed E-state index contributed by atoms with van der Waals surface area (Å²) >= 11 is 0. The Bertz CT molecular complexity index is 1330. The highest BCUT2D eigenvalue weighted by Gasteiger charge is 2.43. The monoisotopic (exact) mass is 412 g/mol. The second-order valence-corrected chi connectivity index (χ2v) is 6.38. The molecule has 0 unspecified atom stereocenters. The highest BCUT2D eigenvalue weighted by molar-refractivity contribution is 5.57. The van der Waals surface area contributed by atoms with E-state index in [0.29, 0.717) is 17.1 Å². The highest BCUT2D eigenvalue weighted by atomic mass is 19.3. The van der Waals surface area contributed by atoms with Gasteiger partial charge in [0.1, 0.15) is 5.82 Å². The molecule has 10 heteroatoms. The lowest BCUT2D eigenvalue weighted by atomic mass is 10.2. The summed E-state index contributed by atoms with van der Waals surface area (Å²) in [6.45, 7) is 0. The van der Waals surface area contributed by atoms with Crippen molar-refractivity contribution in [1.29, 1.82) is 0 Å². The minimum atomic E-state index is -3.74. The number of aromatic nitrogens is 4. The van der Waals surface area contributed by atoms with Crippen LogP contribution in [0, 0.1) is 5.82 Å². The number of fused-ring (bicyclic) bond motifs is 1. The van der Waals surface area contributed by atoms with Crippen LogP contribution in [0.25, 0.3) is 22.8 Å². The van der Waals surface area contributed by atoms with Gasteiger partial charge in [-0.15, -0.1) is 8.78 Å². The summed E-state index contributed by atoms with van der Waals surface area (Å²) in [5, 5.41) is 8.47. The zero-order chi connectivity index (χ0) is 20.9. The first-order valence-corrected chi connectivity index (χ1v) is 8.70. The summed E-state index contributed by atoms with van der Waals surface area (Å²) in [6.07, 6.45) is -0.883. The first kappa shape index (κ1) is 18.0. The van der Waals surface area contributed by atoms with E-state index < -0.39 is 17.5 Å². The summed E-state index contributed by atoms with van der Waals surface area (Å²) in [7, 11) is 0. The smallest absolute Gasteiger partial charge is 0.395 e. The van der Waals surface area contributed by atoms with Crippen molar-refractivity contribution >= 4 is 0 Å². The summed E-state index contributed by atoms with van der Waals surface area (Å²) in [6, 6.07) is 12.7. The molecule has 1 aliphatic rings. The molecular weight excluding hydrogens is 401 g/mol. The third-order valence-corrected chi connectivity index (χ3v) is 4.40. The Morgan fingerprint density at radius 3 is 2.60 bits per heavy atom. The molecular formula is C20H11F3N4O3. The van der Waals surface area contributed by atoms with Gasteiger partial charge in [0.15, 0.2) is 17.2 Å². The fraction of sp³-hybridized carbons (Fsp3) is 0.0500. The second kappa shape index (κ2) is 6.48. The lowest BCUT2D eigenvalue weighted by Gasteiger charge is -2.10. The molecule has 0 atom stereocenters. The number of nitrogens with zero attached hydrogens (tertiary/aromatic N) is 4. The third-order valence-electron chi connectivity index (χ3n) is 4.40. The molecule has 150 valence electrons. The Labute approximate surface area is 166 Å². The standard InChI is InChI=1S/C20H11F3N4O3/c21-12-2-1-3-14(10-12)27-15(6-8-24-27)19-16(28)7-9-26(25-19)13-4-5-17-18(11-13)30-20(22,23)29-17/h1-11H. The number of ether oxygens (including phenoxy) is 2. The van der Waals surface area contributed by atoms with Gasteiger partial charge >= 0.3 is 6.29 Å². The summed E-state index contributed by atoms with van der Waals surface area (Å²) < 4.78 is 51.7. The summed E-state index contributed by atoms with van der Waals surface area (Å²) in [5.74, 6) is -0.705. The zero-order valence-electron chi connectivity index (χ0n) is 15.0. The van der Waals surface area contributed by atoms with Gasteiger partial charge in [0.25, 0.3) is 0 Å². The SMILES string of the molecule is O=c1ccn(-c2ccc3c(c2)OC(F)(F)O3)nc1-c1ccnn1-c1cccc(F)c1. The van der Waals surface area contributed by atoms with Crippen LogP contribution in [0.4, 0.5) is 13.2 Å². The van der Waals surface area contributed by atoms with E-state index in [1.54, 1.807) is 12.1 Å². The van der Waals surface area contributed by atoms with E-state index in [-0.39, 0.29) is 17.2 Å². The average molecular weight is 412 g/mol. The van der Waals surface area contributed by atoms with Gasteiger partial charge in [-0.1, -0.05) is 6.07 Å². The average Bonchev–Trinajstić information content (AvgIpc) is 3.30. The van der Waals surface area contributed by atoms with Crippen molar-refractivity contribution in [3.8, 4) is 34.3 Å². The maximum absolute atomic E-state index is 13.6. The minimum absolute atomic E-state index is 0.0438. The van der Waals surface area contributed by atoms with Crippen LogP contribution in [-0.4, -0.2) is 25.9 Å². The van der Waals surface area contributed by atoms with Crippen LogP contribution < -0.4 is 14.9 Å². The van der Waals surface area contributed by atoms with E-state index in [4.69, 9.17) is 0 Å². The first-order chi connectivity index (χ1) is 14.4. The molecule has 3 heterocycles. The second-order valence-electron chi connectivity index (χ2n) is 6.38. The quantitative estimate of drug-likeness (QED) is 0.515. The maximum atomic E-state index is 13.6. The van der Waals surface area contributed by atoms with E-state index in [1.165, 1.54) is 64.2 Å². The maximum Gasteiger partial charge on any atom is 0.586 e. The fourth-order valence-electron chi connectivity index (χ4n) is 3.11. The van der Waals surface area contributed by atoms with Gasteiger partial charge in [-0.05, 0) is 36.4 Å². The van der Waals surface area contributed by atoms with Crippen LogP contribution in [0.15, 0.2) is 71.8 Å². The van der Waals surface area contributed by atoms with Crippen LogP contribution in [0.3, 0.4) is 0 Å². The number of hydrogen-bond acceptors (Lipinski definition) is 5. The van der Waals surface area contributed by atoms with E-state index in [1.807, 2.05) is 0 Å². The zero-order valence-corrected chi connectivity index (χ0v) is 15.0. The Morgan fingerprint density at radius 1 is 0.933 bits per heavy atom. The third kappa shape index (κ3) is 3.08. The van der Waals surface area contributed by atoms with Crippen molar-refractivity contribution in [3.05, 3.63) is 83.0 Å². The molecule has 0 spiro atoms. The topological polar surface area (TPSA) is 71.2 Å². The van der Waals surface area contributed by atoms with Gasteiger partial charge in [0.05, 0.1) is 23.3 Å². The Balaban J connectivity index is 1.59. The van der Waals surface area contributed by atoms with Crippen molar-refractivity contribution in [2.24, 2.45) is 0 Å². The van der Waals surface area contributed by atoms with Crippen molar-refractivity contribution < 1.29 is 22.6 Å². The Morgan fingerprint density at radius 2 is 1.77 bits per heavy atom. The van der Waals surface area contributed by atoms with Crippen LogP contribution >= 0.6 is 0 Å². The van der Waals surface area contributed by atoms with E-state index >= 15 is 0 Å². The molecule has 0 saturated carbocycles. The molecule has 0 fully saturated rings. The Kier molecular flexibility index (Phi) is 3.88. The van der Waals surface area contributed by atoms with Gasteiger partial charge in [0.2, 0.25) is 5.43 Å². The molecule has 7 nitrogen and oxygen atoms in total. The van der Waals surface area contributed by atoms with Gasteiger partial charge in [-0.2, -0.15) is 10.2 Å². The number of rotatable bonds is 3. The molecule has 4 aromatic rings. The van der Waals surface area contributed by atoms with E-state index in [2.05, 4.69) is 19.7 Å². The molecule has 0 amide bonds. The van der Waals surface area contributed by atoms with Gasteiger partial charge in [-0.3, -0.25) is 4.79 Å². The molecule has 0 radical (unpaired) electrons. The molecule has 5 rings (SSSR count). The number of hydrogen-bond donors (Lipinski definition) is 0. The molecule has 2 aromatic carbocycles. The molecule has 0 N–H and O–H groups in total. The molecule has 0 bridgehead atoms. The predicted octanol–water partition coefficient (Wildman–Crippen LogP) is 3.55. The van der Waals surface area contributed by atoms with E-state index in [0.717, 1.165) is 0 Å². The van der Waals surface area contributed by atoms with Crippen LogP contribution in [0.2, 0.25) is 0 Å². The van der Waals surface area contributed by atoms with Crippen molar-refractivity contribution in [1.82, 2.24) is 19.6 Å². The van der Waals surface area contributed by atoms with Crippen molar-refractivity contribution in [2.75, 3.05) is 0 Å². The highest BCUT2D eigenvalue weighted by Crippen LogP contribution is 2.41. The van der Waals surface area contributed by atoms with Gasteiger partial charge in [0, 0.05) is 18.3 Å². The van der Waals surface area contributed by atoms with Crippen molar-refractivity contribution in [3.63, 3.8) is 0 Å². The number of halogens is 3. The number of benzene rings is 2. The van der Waals surface area contributed by atoms with E-state index in [9.17, 15) is 18.0 Å². The normalized spacial score (nSPS) is 14.1. The molecule has 0 aliphatic carbocycles. The molecule has 1 aliphatic heterocycles. The first-order valence-electron chi connectivity index (χ1n) is 8.70.